The fourth-order valence-corrected chi connectivity index (χ4v) is 3.05. The van der Waals surface area contributed by atoms with Crippen molar-refractivity contribution in [2.75, 3.05) is 7.11 Å². The van der Waals surface area contributed by atoms with Gasteiger partial charge in [0.15, 0.2) is 0 Å². The van der Waals surface area contributed by atoms with E-state index in [4.69, 9.17) is 20.4 Å². The number of carbonyl (C=O) groups is 1. The lowest BCUT2D eigenvalue weighted by Crippen LogP contribution is -2.14. The van der Waals surface area contributed by atoms with Crippen molar-refractivity contribution in [2.45, 2.75) is 19.1 Å². The molecule has 0 amide bonds. The van der Waals surface area contributed by atoms with Crippen LogP contribution in [0.5, 0.6) is 5.75 Å². The standard InChI is InChI=1S/C24H24N2O4/c1-29-26-24(19-7-3-2-4-8-19)20-9-5-6-17(14-20)16-30-21-12-10-18(11-13-21)22(25)15-23(27)28/h2-14,22H,15-16,25H2,1H3,(H,27,28). The van der Waals surface area contributed by atoms with Crippen molar-refractivity contribution < 1.29 is 19.5 Å². The largest absolute Gasteiger partial charge is 0.489 e. The number of carboxylic acid groups (broad SMARTS) is 1. The normalized spacial score (nSPS) is 12.3. The molecule has 0 heterocycles. The van der Waals surface area contributed by atoms with Gasteiger partial charge < -0.3 is 20.4 Å². The van der Waals surface area contributed by atoms with Gasteiger partial charge in [0.1, 0.15) is 25.2 Å². The van der Waals surface area contributed by atoms with Crippen molar-refractivity contribution in [2.24, 2.45) is 10.9 Å². The molecule has 0 radical (unpaired) electrons. The third kappa shape index (κ3) is 5.68. The van der Waals surface area contributed by atoms with Gasteiger partial charge in [0.25, 0.3) is 0 Å². The molecule has 154 valence electrons. The number of ether oxygens (including phenoxy) is 1. The molecule has 1 unspecified atom stereocenters. The van der Waals surface area contributed by atoms with Crippen molar-refractivity contribution in [3.63, 3.8) is 0 Å². The molecule has 3 rings (SSSR count). The molecule has 6 nitrogen and oxygen atoms in total. The van der Waals surface area contributed by atoms with Crippen LogP contribution in [0.2, 0.25) is 0 Å². The lowest BCUT2D eigenvalue weighted by atomic mass is 10.0. The first-order chi connectivity index (χ1) is 14.6. The zero-order chi connectivity index (χ0) is 21.3. The second-order valence-electron chi connectivity index (χ2n) is 6.75. The van der Waals surface area contributed by atoms with Gasteiger partial charge in [-0.05, 0) is 29.3 Å². The average molecular weight is 404 g/mol. The summed E-state index contributed by atoms with van der Waals surface area (Å²) in [6.07, 6.45) is -0.111. The first-order valence-corrected chi connectivity index (χ1v) is 9.53. The van der Waals surface area contributed by atoms with Gasteiger partial charge in [-0.15, -0.1) is 0 Å². The summed E-state index contributed by atoms with van der Waals surface area (Å²) in [5, 5.41) is 13.0. The Hall–Kier alpha value is -3.64. The first kappa shape index (κ1) is 21.1. The number of benzene rings is 3. The second kappa shape index (κ2) is 10.2. The summed E-state index contributed by atoms with van der Waals surface area (Å²) in [7, 11) is 1.53. The predicted octanol–water partition coefficient (Wildman–Crippen LogP) is 4.14. The van der Waals surface area contributed by atoms with Crippen molar-refractivity contribution in [1.29, 1.82) is 0 Å². The Morgan fingerprint density at radius 2 is 1.70 bits per heavy atom. The number of rotatable bonds is 9. The number of aliphatic carboxylic acids is 1. The number of oxime groups is 1. The third-order valence-electron chi connectivity index (χ3n) is 4.54. The maximum atomic E-state index is 10.8. The van der Waals surface area contributed by atoms with Crippen LogP contribution in [0.4, 0.5) is 0 Å². The van der Waals surface area contributed by atoms with E-state index < -0.39 is 12.0 Å². The molecule has 0 saturated heterocycles. The van der Waals surface area contributed by atoms with E-state index in [2.05, 4.69) is 5.16 Å². The minimum atomic E-state index is -0.922. The van der Waals surface area contributed by atoms with Gasteiger partial charge in [0, 0.05) is 17.2 Å². The Morgan fingerprint density at radius 3 is 2.37 bits per heavy atom. The molecule has 1 atom stereocenters. The van der Waals surface area contributed by atoms with Gasteiger partial charge in [-0.2, -0.15) is 0 Å². The quantitative estimate of drug-likeness (QED) is 0.413. The minimum Gasteiger partial charge on any atom is -0.489 e. The van der Waals surface area contributed by atoms with Crippen LogP contribution >= 0.6 is 0 Å². The molecule has 0 spiro atoms. The topological polar surface area (TPSA) is 94.1 Å². The summed E-state index contributed by atoms with van der Waals surface area (Å²) in [6.45, 7) is 0.378. The van der Waals surface area contributed by atoms with Crippen molar-refractivity contribution >= 4 is 11.7 Å². The van der Waals surface area contributed by atoms with Crippen molar-refractivity contribution in [3.05, 3.63) is 101 Å². The van der Waals surface area contributed by atoms with Crippen LogP contribution < -0.4 is 10.5 Å². The van der Waals surface area contributed by atoms with Crippen LogP contribution in [0.1, 0.15) is 34.7 Å². The average Bonchev–Trinajstić information content (AvgIpc) is 2.77. The van der Waals surface area contributed by atoms with E-state index in [-0.39, 0.29) is 6.42 Å². The molecule has 3 aromatic rings. The number of hydrogen-bond acceptors (Lipinski definition) is 5. The minimum absolute atomic E-state index is 0.111. The van der Waals surface area contributed by atoms with Gasteiger partial charge in [-0.25, -0.2) is 0 Å². The van der Waals surface area contributed by atoms with E-state index in [1.165, 1.54) is 7.11 Å². The van der Waals surface area contributed by atoms with Crippen molar-refractivity contribution in [3.8, 4) is 5.75 Å². The Balaban J connectivity index is 1.70. The van der Waals surface area contributed by atoms with Crippen LogP contribution in [-0.2, 0) is 16.2 Å². The fraction of sp³-hybridized carbons (Fsp3) is 0.167. The molecular weight excluding hydrogens is 380 g/mol. The maximum absolute atomic E-state index is 10.8. The maximum Gasteiger partial charge on any atom is 0.305 e. The molecule has 0 aromatic heterocycles. The fourth-order valence-electron chi connectivity index (χ4n) is 3.05. The molecule has 3 N–H and O–H groups in total. The zero-order valence-electron chi connectivity index (χ0n) is 16.7. The van der Waals surface area contributed by atoms with E-state index in [1.807, 2.05) is 54.6 Å². The van der Waals surface area contributed by atoms with Crippen LogP contribution in [0, 0.1) is 0 Å². The van der Waals surface area contributed by atoms with Crippen molar-refractivity contribution in [1.82, 2.24) is 0 Å². The zero-order valence-corrected chi connectivity index (χ0v) is 16.7. The highest BCUT2D eigenvalue weighted by Gasteiger charge is 2.11. The molecule has 0 fully saturated rings. The van der Waals surface area contributed by atoms with Gasteiger partial charge >= 0.3 is 5.97 Å². The van der Waals surface area contributed by atoms with E-state index in [0.717, 1.165) is 28.0 Å². The van der Waals surface area contributed by atoms with E-state index in [9.17, 15) is 4.79 Å². The molecule has 6 heteroatoms. The highest BCUT2D eigenvalue weighted by molar-refractivity contribution is 6.12. The Labute approximate surface area is 175 Å². The lowest BCUT2D eigenvalue weighted by Gasteiger charge is -2.12. The SMILES string of the molecule is CON=C(c1ccccc1)c1cccc(COc2ccc(C(N)CC(=O)O)cc2)c1. The summed E-state index contributed by atoms with van der Waals surface area (Å²) in [5.41, 5.74) is 10.3. The molecule has 0 aliphatic carbocycles. The summed E-state index contributed by atoms with van der Waals surface area (Å²) in [6, 6.07) is 24.4. The van der Waals surface area contributed by atoms with Gasteiger partial charge in [-0.1, -0.05) is 65.8 Å². The smallest absolute Gasteiger partial charge is 0.305 e. The van der Waals surface area contributed by atoms with Crippen LogP contribution in [-0.4, -0.2) is 23.9 Å². The van der Waals surface area contributed by atoms with E-state index in [1.54, 1.807) is 24.3 Å². The molecule has 0 aliphatic heterocycles. The Bertz CT molecular complexity index is 1000. The molecule has 3 aromatic carbocycles. The van der Waals surface area contributed by atoms with Gasteiger partial charge in [-0.3, -0.25) is 4.79 Å². The van der Waals surface area contributed by atoms with E-state index >= 15 is 0 Å². The Kier molecular flexibility index (Phi) is 7.19. The number of carboxylic acids is 1. The molecular formula is C24H24N2O4. The monoisotopic (exact) mass is 404 g/mol. The van der Waals surface area contributed by atoms with Gasteiger partial charge in [0.05, 0.1) is 6.42 Å². The number of nitrogens with zero attached hydrogens (tertiary/aromatic N) is 1. The summed E-state index contributed by atoms with van der Waals surface area (Å²) >= 11 is 0. The molecule has 30 heavy (non-hydrogen) atoms. The van der Waals surface area contributed by atoms with Crippen LogP contribution in [0.3, 0.4) is 0 Å². The highest BCUT2D eigenvalue weighted by Crippen LogP contribution is 2.20. The number of nitrogens with two attached hydrogens (primary N) is 1. The second-order valence-corrected chi connectivity index (χ2v) is 6.75. The van der Waals surface area contributed by atoms with Crippen LogP contribution in [0.15, 0.2) is 84.0 Å². The number of hydrogen-bond donors (Lipinski definition) is 2. The predicted molar refractivity (Wildman–Crippen MR) is 115 cm³/mol. The summed E-state index contributed by atoms with van der Waals surface area (Å²) < 4.78 is 5.88. The summed E-state index contributed by atoms with van der Waals surface area (Å²) in [4.78, 5) is 15.8. The molecule has 0 bridgehead atoms. The summed E-state index contributed by atoms with van der Waals surface area (Å²) in [5.74, 6) is -0.241. The van der Waals surface area contributed by atoms with Gasteiger partial charge in [0.2, 0.25) is 0 Å². The first-order valence-electron chi connectivity index (χ1n) is 9.53. The molecule has 0 saturated carbocycles. The molecule has 0 aliphatic rings. The highest BCUT2D eigenvalue weighted by atomic mass is 16.6. The van der Waals surface area contributed by atoms with Crippen LogP contribution in [0.25, 0.3) is 0 Å². The Morgan fingerprint density at radius 1 is 1.00 bits per heavy atom. The third-order valence-corrected chi connectivity index (χ3v) is 4.54. The lowest BCUT2D eigenvalue weighted by molar-refractivity contribution is -0.137. The van der Waals surface area contributed by atoms with E-state index in [0.29, 0.717) is 12.4 Å².